The maximum absolute atomic E-state index is 5.95. The highest BCUT2D eigenvalue weighted by molar-refractivity contribution is 5.85. The van der Waals surface area contributed by atoms with Gasteiger partial charge in [-0.15, -0.1) is 12.4 Å². The summed E-state index contributed by atoms with van der Waals surface area (Å²) in [6.07, 6.45) is 0. The average Bonchev–Trinajstić information content (AvgIpc) is 2.47. The summed E-state index contributed by atoms with van der Waals surface area (Å²) in [6.45, 7) is 3.86. The third-order valence-electron chi connectivity index (χ3n) is 3.48. The third-order valence-corrected chi connectivity index (χ3v) is 3.48. The summed E-state index contributed by atoms with van der Waals surface area (Å²) < 4.78 is 5.95. The lowest BCUT2D eigenvalue weighted by atomic mass is 9.92. The van der Waals surface area contributed by atoms with Crippen LogP contribution in [0.5, 0.6) is 5.75 Å². The van der Waals surface area contributed by atoms with Crippen LogP contribution in [0.15, 0.2) is 54.6 Å². The molecule has 0 saturated carbocycles. The van der Waals surface area contributed by atoms with E-state index in [0.29, 0.717) is 12.5 Å². The first kappa shape index (κ1) is 17.5. The van der Waals surface area contributed by atoms with Crippen molar-refractivity contribution >= 4 is 12.4 Å². The van der Waals surface area contributed by atoms with Gasteiger partial charge in [0.25, 0.3) is 0 Å². The Morgan fingerprint density at radius 2 is 1.57 bits per heavy atom. The van der Waals surface area contributed by atoms with Gasteiger partial charge >= 0.3 is 0 Å². The zero-order valence-electron chi connectivity index (χ0n) is 13.0. The Bertz CT molecular complexity index is 528. The summed E-state index contributed by atoms with van der Waals surface area (Å²) in [5.41, 5.74) is 2.56. The van der Waals surface area contributed by atoms with Crippen molar-refractivity contribution in [3.8, 4) is 5.75 Å². The summed E-state index contributed by atoms with van der Waals surface area (Å²) in [7, 11) is 4.11. The van der Waals surface area contributed by atoms with Gasteiger partial charge in [0.05, 0.1) is 0 Å². The number of hydrogen-bond donors (Lipinski definition) is 0. The number of likely N-dealkylation sites (N-methyl/N-ethyl adjacent to an activating group) is 1. The predicted molar refractivity (Wildman–Crippen MR) is 91.7 cm³/mol. The number of nitrogens with zero attached hydrogens (tertiary/aromatic N) is 1. The van der Waals surface area contributed by atoms with E-state index in [1.54, 1.807) is 0 Å². The number of benzene rings is 2. The second-order valence-electron chi connectivity index (χ2n) is 5.32. The fraction of sp³-hybridized carbons (Fsp3) is 0.333. The van der Waals surface area contributed by atoms with E-state index < -0.39 is 0 Å². The Morgan fingerprint density at radius 3 is 2.24 bits per heavy atom. The third kappa shape index (κ3) is 5.07. The van der Waals surface area contributed by atoms with Crippen molar-refractivity contribution in [2.45, 2.75) is 12.8 Å². The van der Waals surface area contributed by atoms with Crippen molar-refractivity contribution in [3.63, 3.8) is 0 Å². The van der Waals surface area contributed by atoms with E-state index in [9.17, 15) is 0 Å². The van der Waals surface area contributed by atoms with Crippen molar-refractivity contribution < 1.29 is 4.74 Å². The van der Waals surface area contributed by atoms with Crippen molar-refractivity contribution in [1.82, 2.24) is 4.90 Å². The normalized spacial score (nSPS) is 11.8. The number of para-hydroxylation sites is 1. The quantitative estimate of drug-likeness (QED) is 0.793. The van der Waals surface area contributed by atoms with Gasteiger partial charge in [-0.3, -0.25) is 0 Å². The molecular weight excluding hydrogens is 282 g/mol. The molecule has 0 fully saturated rings. The first-order chi connectivity index (χ1) is 9.68. The summed E-state index contributed by atoms with van der Waals surface area (Å²) in [5.74, 6) is 1.33. The van der Waals surface area contributed by atoms with E-state index in [4.69, 9.17) is 4.74 Å². The van der Waals surface area contributed by atoms with Crippen LogP contribution >= 0.6 is 12.4 Å². The highest BCUT2D eigenvalue weighted by Crippen LogP contribution is 2.31. The maximum atomic E-state index is 5.95. The standard InChI is InChI=1S/C18H23NO.ClH/c1-15(16-9-5-4-6-10-16)17-11-7-8-12-18(17)20-14-13-19(2)3;/h4-12,15H,13-14H2,1-3H3;1H. The molecular formula is C18H24ClNO. The van der Waals surface area contributed by atoms with Crippen LogP contribution in [0.1, 0.15) is 24.0 Å². The topological polar surface area (TPSA) is 12.5 Å². The average molecular weight is 306 g/mol. The molecule has 0 amide bonds. The van der Waals surface area contributed by atoms with E-state index in [1.807, 2.05) is 6.07 Å². The van der Waals surface area contributed by atoms with Crippen LogP contribution in [0.4, 0.5) is 0 Å². The minimum Gasteiger partial charge on any atom is -0.492 e. The van der Waals surface area contributed by atoms with Gasteiger partial charge in [0, 0.05) is 18.0 Å². The van der Waals surface area contributed by atoms with Crippen molar-refractivity contribution in [2.75, 3.05) is 27.2 Å². The number of ether oxygens (including phenoxy) is 1. The fourth-order valence-corrected chi connectivity index (χ4v) is 2.23. The van der Waals surface area contributed by atoms with Gasteiger partial charge in [-0.1, -0.05) is 55.5 Å². The summed E-state index contributed by atoms with van der Waals surface area (Å²) >= 11 is 0. The van der Waals surface area contributed by atoms with Crippen LogP contribution in [0.3, 0.4) is 0 Å². The van der Waals surface area contributed by atoms with Gasteiger partial charge in [-0.25, -0.2) is 0 Å². The molecule has 21 heavy (non-hydrogen) atoms. The molecule has 1 unspecified atom stereocenters. The minimum absolute atomic E-state index is 0. The van der Waals surface area contributed by atoms with Gasteiger partial charge in [0.2, 0.25) is 0 Å². The van der Waals surface area contributed by atoms with Gasteiger partial charge < -0.3 is 9.64 Å². The van der Waals surface area contributed by atoms with Gasteiger partial charge in [-0.2, -0.15) is 0 Å². The Hall–Kier alpha value is -1.51. The highest BCUT2D eigenvalue weighted by atomic mass is 35.5. The molecule has 2 nitrogen and oxygen atoms in total. The summed E-state index contributed by atoms with van der Waals surface area (Å²) in [6, 6.07) is 18.9. The predicted octanol–water partition coefficient (Wildman–Crippen LogP) is 4.20. The molecule has 3 heteroatoms. The highest BCUT2D eigenvalue weighted by Gasteiger charge is 2.13. The molecule has 0 aromatic heterocycles. The van der Waals surface area contributed by atoms with Crippen LogP contribution in [0.2, 0.25) is 0 Å². The van der Waals surface area contributed by atoms with Crippen LogP contribution < -0.4 is 4.74 Å². The van der Waals surface area contributed by atoms with Crippen LogP contribution in [0.25, 0.3) is 0 Å². The van der Waals surface area contributed by atoms with E-state index in [0.717, 1.165) is 12.3 Å². The monoisotopic (exact) mass is 305 g/mol. The Kier molecular flexibility index (Phi) is 7.27. The van der Waals surface area contributed by atoms with Crippen molar-refractivity contribution in [2.24, 2.45) is 0 Å². The van der Waals surface area contributed by atoms with Crippen molar-refractivity contribution in [3.05, 3.63) is 65.7 Å². The lowest BCUT2D eigenvalue weighted by Crippen LogP contribution is -2.19. The molecule has 0 heterocycles. The smallest absolute Gasteiger partial charge is 0.123 e. The van der Waals surface area contributed by atoms with Crippen molar-refractivity contribution in [1.29, 1.82) is 0 Å². The summed E-state index contributed by atoms with van der Waals surface area (Å²) in [4.78, 5) is 2.13. The molecule has 0 aliphatic rings. The zero-order valence-corrected chi connectivity index (χ0v) is 13.8. The van der Waals surface area contributed by atoms with Gasteiger partial charge in [-0.05, 0) is 25.7 Å². The second kappa shape index (κ2) is 8.71. The van der Waals surface area contributed by atoms with E-state index in [1.165, 1.54) is 11.1 Å². The lowest BCUT2D eigenvalue weighted by Gasteiger charge is -2.18. The molecule has 0 bridgehead atoms. The molecule has 0 aliphatic carbocycles. The molecule has 0 radical (unpaired) electrons. The van der Waals surface area contributed by atoms with Crippen LogP contribution in [-0.2, 0) is 0 Å². The molecule has 0 spiro atoms. The zero-order chi connectivity index (χ0) is 14.4. The lowest BCUT2D eigenvalue weighted by molar-refractivity contribution is 0.259. The van der Waals surface area contributed by atoms with E-state index >= 15 is 0 Å². The molecule has 2 aromatic rings. The van der Waals surface area contributed by atoms with Gasteiger partial charge in [0.15, 0.2) is 0 Å². The van der Waals surface area contributed by atoms with Gasteiger partial charge in [0.1, 0.15) is 12.4 Å². The van der Waals surface area contributed by atoms with E-state index in [-0.39, 0.29) is 12.4 Å². The first-order valence-electron chi connectivity index (χ1n) is 7.10. The second-order valence-corrected chi connectivity index (χ2v) is 5.32. The molecule has 0 N–H and O–H groups in total. The fourth-order valence-electron chi connectivity index (χ4n) is 2.23. The molecule has 114 valence electrons. The molecule has 2 rings (SSSR count). The van der Waals surface area contributed by atoms with E-state index in [2.05, 4.69) is 74.4 Å². The maximum Gasteiger partial charge on any atom is 0.123 e. The first-order valence-corrected chi connectivity index (χ1v) is 7.10. The SMILES string of the molecule is CC(c1ccccc1)c1ccccc1OCCN(C)C.Cl. The molecule has 0 aliphatic heterocycles. The summed E-state index contributed by atoms with van der Waals surface area (Å²) in [5, 5.41) is 0. The number of rotatable bonds is 6. The number of hydrogen-bond acceptors (Lipinski definition) is 2. The van der Waals surface area contributed by atoms with Crippen LogP contribution in [0, 0.1) is 0 Å². The molecule has 0 saturated heterocycles. The Labute approximate surface area is 134 Å². The Balaban J connectivity index is 0.00000220. The van der Waals surface area contributed by atoms with Crippen LogP contribution in [-0.4, -0.2) is 32.1 Å². The Morgan fingerprint density at radius 1 is 0.952 bits per heavy atom. The molecule has 1 atom stereocenters. The minimum atomic E-state index is 0. The number of halogens is 1. The largest absolute Gasteiger partial charge is 0.492 e. The molecule has 2 aromatic carbocycles.